The number of thioether (sulfide) groups is 4. The Balaban J connectivity index is 0.697. The molecule has 145 heavy (non-hydrogen) atoms. The molecule has 0 aliphatic heterocycles. The zero-order chi connectivity index (χ0) is 104. The topological polar surface area (TPSA) is 347 Å². The molecule has 0 radical (unpaired) electrons. The number of carbonyl (C=O) groups excluding carboxylic acids is 12. The summed E-state index contributed by atoms with van der Waals surface area (Å²) in [6, 6.07) is 82.2. The Hall–Kier alpha value is -12.6. The quantitative estimate of drug-likeness (QED) is 0.0148. The number of ether oxygens (including phenoxy) is 8. The van der Waals surface area contributed by atoms with Gasteiger partial charge in [-0.25, -0.2) is 0 Å². The summed E-state index contributed by atoms with van der Waals surface area (Å²) in [6.07, 6.45) is -0.678. The molecule has 12 rings (SSSR count). The van der Waals surface area contributed by atoms with Crippen molar-refractivity contribution in [3.63, 3.8) is 0 Å². The summed E-state index contributed by atoms with van der Waals surface area (Å²) >= 11 is 4.05. The average Bonchev–Trinajstić information content (AvgIpc) is 0.766. The zero-order valence-electron chi connectivity index (χ0n) is 81.6. The minimum absolute atomic E-state index is 0.0570. The highest BCUT2D eigenvalue weighted by Gasteiger charge is 2.44. The van der Waals surface area contributed by atoms with Gasteiger partial charge >= 0.3 is 47.8 Å². The van der Waals surface area contributed by atoms with Crippen LogP contribution in [0.4, 0.5) is 0 Å². The van der Waals surface area contributed by atoms with Crippen LogP contribution in [0.3, 0.4) is 0 Å². The molecule has 752 valence electrons. The van der Waals surface area contributed by atoms with Crippen molar-refractivity contribution in [3.8, 4) is 0 Å². The van der Waals surface area contributed by atoms with E-state index in [1.807, 2.05) is 0 Å². The van der Waals surface area contributed by atoms with Crippen LogP contribution in [-0.4, -0.2) is 142 Å². The third-order valence-corrected chi connectivity index (χ3v) is 38.9. The summed E-state index contributed by atoms with van der Waals surface area (Å²) < 4.78 is 106. The molecule has 0 aliphatic carbocycles. The molecule has 0 amide bonds. The maximum absolute atomic E-state index is 15.1. The lowest BCUT2D eigenvalue weighted by Crippen LogP contribution is -2.44. The lowest BCUT2D eigenvalue weighted by molar-refractivity contribution is -0.167. The van der Waals surface area contributed by atoms with E-state index >= 15 is 18.3 Å². The van der Waals surface area contributed by atoms with Gasteiger partial charge in [0, 0.05) is 87.7 Å². The first-order chi connectivity index (χ1) is 69.7. The molecule has 12 aromatic rings. The first-order valence-corrected chi connectivity index (χ1v) is 58.1. The zero-order valence-corrected chi connectivity index (χ0v) is 88.4. The third kappa shape index (κ3) is 29.0. The number of aryl methyl sites for hydroxylation is 8. The first-order valence-electron chi connectivity index (χ1n) is 46.7. The number of hydrogen-bond acceptors (Lipinski definition) is 28. The standard InChI is InChI=1S/C113H112O24P4S4/c1-77-57-85(58-78(2)105(77)109(122)138(126,89-33-17-9-18-34-89)90-35-19-10-20-36-90)65-130-97(114)49-53-142-69-101(118)134-73-113(74-135-102(119)70-143-54-50-98(115)131-66-86-59-79(3)106(80(4)60-86)110(123)139(127,91-37-21-11-22-38-91)92-39-23-12-24-40-92,75-136-103(120)71-144-55-51-99(116)132-67-87-61-81(5)107(82(6)62-87)111(124)140(128,93-41-25-13-26-42-93)94-43-27-14-28-44-94)76-137-104(121)72-145-56-52-100(117)133-68-88-63-83(7)108(84(8)64-88)112(125)141(129,95-45-29-15-30-46-95)96-47-31-16-32-48-96/h9-48,57-64H,49-56,65-76H2,1-8H3. The van der Waals surface area contributed by atoms with Crippen molar-refractivity contribution in [2.45, 2.75) is 108 Å². The van der Waals surface area contributed by atoms with Gasteiger partial charge in [0.25, 0.3) is 0 Å². The second-order valence-electron chi connectivity index (χ2n) is 34.8. The predicted molar refractivity (Wildman–Crippen MR) is 573 cm³/mol. The minimum Gasteiger partial charge on any atom is -0.464 e. The van der Waals surface area contributed by atoms with E-state index in [4.69, 9.17) is 37.9 Å². The van der Waals surface area contributed by atoms with Crippen LogP contribution < -0.4 is 42.4 Å². The predicted octanol–water partition coefficient (Wildman–Crippen LogP) is 18.7. The smallest absolute Gasteiger partial charge is 0.315 e. The van der Waals surface area contributed by atoms with Crippen LogP contribution in [0, 0.1) is 60.8 Å². The molecule has 32 heteroatoms. The highest BCUT2D eigenvalue weighted by molar-refractivity contribution is 8.00. The molecule has 0 N–H and O–H groups in total. The summed E-state index contributed by atoms with van der Waals surface area (Å²) in [6.45, 7) is 10.2. The van der Waals surface area contributed by atoms with Gasteiger partial charge in [0.05, 0.1) is 48.7 Å². The van der Waals surface area contributed by atoms with Crippen LogP contribution in [-0.2, 0) is 121 Å². The molecule has 24 nitrogen and oxygen atoms in total. The van der Waals surface area contributed by atoms with Gasteiger partial charge in [-0.3, -0.25) is 57.5 Å². The number of hydrogen-bond donors (Lipinski definition) is 0. The molecule has 0 atom stereocenters. The molecule has 12 aromatic carbocycles. The summed E-state index contributed by atoms with van der Waals surface area (Å²) in [7, 11) is -15.4. The van der Waals surface area contributed by atoms with Crippen molar-refractivity contribution in [1.82, 2.24) is 0 Å². The summed E-state index contributed by atoms with van der Waals surface area (Å²) in [5.74, 6) is -7.10. The normalized spacial score (nSPS) is 11.6. The van der Waals surface area contributed by atoms with Crippen LogP contribution in [0.25, 0.3) is 0 Å². The Morgan fingerprint density at radius 1 is 0.214 bits per heavy atom. The molecular formula is C113H112O24P4S4. The maximum atomic E-state index is 15.1. The Morgan fingerprint density at radius 2 is 0.359 bits per heavy atom. The van der Waals surface area contributed by atoms with Crippen LogP contribution in [0.2, 0.25) is 0 Å². The van der Waals surface area contributed by atoms with Crippen LogP contribution in [0.15, 0.2) is 291 Å². The fourth-order valence-corrected chi connectivity index (χ4v) is 30.0. The SMILES string of the molecule is Cc1cc(COC(=O)CCSCC(=O)OCC(COC(=O)CSCCC(=O)OCc2cc(C)c(C(=O)P(=O)(c3ccccc3)c3ccccc3)c(C)c2)(COC(=O)CSCCC(=O)OCc2cc(C)c(C(=O)P(=O)(c3ccccc3)c3ccccc3)c(C)c2)COC(=O)CSCCC(=O)OCc2cc(C)c(C(=O)P(=O)(c3ccccc3)c3ccccc3)c(C)c2)cc(C)c1C(=O)P(=O)(c1ccccc1)c1ccccc1. The van der Waals surface area contributed by atoms with Crippen LogP contribution in [0.1, 0.15) is 134 Å². The molecule has 0 aliphatic rings. The van der Waals surface area contributed by atoms with E-state index < -0.39 is 130 Å². The average molecular weight is 2110 g/mol. The van der Waals surface area contributed by atoms with Gasteiger partial charge in [-0.15, -0.1) is 47.0 Å². The number of carbonyl (C=O) groups is 12. The van der Waals surface area contributed by atoms with E-state index in [0.717, 1.165) is 47.0 Å². The monoisotopic (exact) mass is 2100 g/mol. The van der Waals surface area contributed by atoms with Gasteiger partial charge in [0.1, 0.15) is 58.3 Å². The third-order valence-electron chi connectivity index (χ3n) is 23.8. The van der Waals surface area contributed by atoms with Crippen molar-refractivity contribution < 1.29 is 114 Å². The Kier molecular flexibility index (Phi) is 40.6. The Morgan fingerprint density at radius 3 is 0.503 bits per heavy atom. The first kappa shape index (κ1) is 111. The Bertz CT molecular complexity index is 5810. The van der Waals surface area contributed by atoms with Crippen molar-refractivity contribution in [2.75, 3.05) is 72.5 Å². The number of benzene rings is 12. The van der Waals surface area contributed by atoms with E-state index in [2.05, 4.69) is 0 Å². The lowest BCUT2D eigenvalue weighted by Gasteiger charge is -2.31. The summed E-state index contributed by atoms with van der Waals surface area (Å²) in [5, 5.41) is 3.07. The van der Waals surface area contributed by atoms with Crippen molar-refractivity contribution in [2.24, 2.45) is 5.41 Å². The largest absolute Gasteiger partial charge is 0.464 e. The van der Waals surface area contributed by atoms with Gasteiger partial charge < -0.3 is 56.2 Å². The van der Waals surface area contributed by atoms with E-state index in [0.29, 0.717) is 109 Å². The highest BCUT2D eigenvalue weighted by Crippen LogP contribution is 2.52. The molecule has 0 saturated heterocycles. The van der Waals surface area contributed by atoms with Gasteiger partial charge in [0.2, 0.25) is 50.7 Å². The van der Waals surface area contributed by atoms with Crippen molar-refractivity contribution in [3.05, 3.63) is 380 Å². The van der Waals surface area contributed by atoms with Crippen molar-refractivity contribution >= 4 is 188 Å². The lowest BCUT2D eigenvalue weighted by atomic mass is 9.92. The molecule has 0 spiro atoms. The molecule has 0 saturated carbocycles. The van der Waals surface area contributed by atoms with Crippen LogP contribution in [0.5, 0.6) is 0 Å². The highest BCUT2D eigenvalue weighted by atomic mass is 32.2. The summed E-state index contributed by atoms with van der Waals surface area (Å²) in [4.78, 5) is 168. The van der Waals surface area contributed by atoms with E-state index in [1.54, 1.807) is 347 Å². The van der Waals surface area contributed by atoms with E-state index in [-0.39, 0.29) is 120 Å². The fourth-order valence-electron chi connectivity index (χ4n) is 16.7. The van der Waals surface area contributed by atoms with Gasteiger partial charge in [-0.1, -0.05) is 291 Å². The molecule has 0 fully saturated rings. The number of esters is 8. The van der Waals surface area contributed by atoms with E-state index in [9.17, 15) is 57.5 Å². The van der Waals surface area contributed by atoms with Gasteiger partial charge in [0.15, 0.2) is 0 Å². The van der Waals surface area contributed by atoms with Gasteiger partial charge in [-0.05, 0) is 122 Å². The van der Waals surface area contributed by atoms with Gasteiger partial charge in [-0.2, -0.15) is 0 Å². The van der Waals surface area contributed by atoms with Crippen molar-refractivity contribution in [1.29, 1.82) is 0 Å². The molecule has 0 aromatic heterocycles. The van der Waals surface area contributed by atoms with E-state index in [1.165, 1.54) is 0 Å². The second-order valence-corrected chi connectivity index (χ2v) is 49.8. The number of rotatable bonds is 52. The second kappa shape index (κ2) is 53.0. The summed E-state index contributed by atoms with van der Waals surface area (Å²) in [5.41, 5.74) is 3.58. The molecule has 0 heterocycles. The van der Waals surface area contributed by atoms with Crippen LogP contribution >= 0.6 is 75.6 Å². The molecule has 0 bridgehead atoms. The fraction of sp³-hybridized carbons (Fsp3) is 0.257. The maximum Gasteiger partial charge on any atom is 0.315 e. The minimum atomic E-state index is -3.86. The molecule has 0 unspecified atom stereocenters. The Labute approximate surface area is 861 Å². The molecular weight excluding hydrogens is 1990 g/mol.